The fourth-order valence-electron chi connectivity index (χ4n) is 2.91. The predicted molar refractivity (Wildman–Crippen MR) is 92.8 cm³/mol. The summed E-state index contributed by atoms with van der Waals surface area (Å²) in [6.45, 7) is 3.24. The molecule has 0 atom stereocenters. The van der Waals surface area contributed by atoms with Crippen molar-refractivity contribution in [1.29, 1.82) is 5.41 Å². The molecule has 0 radical (unpaired) electrons. The molecule has 1 aromatic carbocycles. The summed E-state index contributed by atoms with van der Waals surface area (Å²) in [4.78, 5) is 12.5. The van der Waals surface area contributed by atoms with Crippen LogP contribution < -0.4 is 5.32 Å². The Morgan fingerprint density at radius 3 is 2.84 bits per heavy atom. The minimum absolute atomic E-state index is 0.0221. The summed E-state index contributed by atoms with van der Waals surface area (Å²) in [6.07, 6.45) is 2.97. The van der Waals surface area contributed by atoms with Crippen molar-refractivity contribution in [1.82, 2.24) is 10.3 Å². The minimum Gasteiger partial charge on any atom is -0.384 e. The van der Waals surface area contributed by atoms with Gasteiger partial charge in [-0.3, -0.25) is 10.2 Å². The first-order chi connectivity index (χ1) is 12.1. The normalized spacial score (nSPS) is 20.8. The Hall–Kier alpha value is -2.54. The third-order valence-corrected chi connectivity index (χ3v) is 4.45. The molecule has 25 heavy (non-hydrogen) atoms. The Bertz CT molecular complexity index is 738. The monoisotopic (exact) mass is 344 g/mol. The molecule has 0 saturated carbocycles. The van der Waals surface area contributed by atoms with E-state index in [-0.39, 0.29) is 24.1 Å². The third kappa shape index (κ3) is 3.76. The van der Waals surface area contributed by atoms with Crippen molar-refractivity contribution in [2.24, 2.45) is 5.10 Å². The van der Waals surface area contributed by atoms with Crippen LogP contribution in [0.2, 0.25) is 0 Å². The molecule has 6 nitrogen and oxygen atoms in total. The first-order valence-corrected chi connectivity index (χ1v) is 8.30. The molecule has 1 amide bonds. The summed E-state index contributed by atoms with van der Waals surface area (Å²) in [7, 11) is 0. The number of allylic oxidation sites excluding steroid dienone is 1. The molecule has 2 aliphatic rings. The number of rotatable bonds is 4. The largest absolute Gasteiger partial charge is 0.384 e. The van der Waals surface area contributed by atoms with Crippen molar-refractivity contribution in [3.63, 3.8) is 0 Å². The first-order valence-electron chi connectivity index (χ1n) is 8.30. The predicted octanol–water partition coefficient (Wildman–Crippen LogP) is 2.22. The molecule has 1 aromatic rings. The van der Waals surface area contributed by atoms with E-state index in [1.165, 1.54) is 17.3 Å². The van der Waals surface area contributed by atoms with Crippen LogP contribution in [-0.4, -0.2) is 42.1 Å². The van der Waals surface area contributed by atoms with Gasteiger partial charge >= 0.3 is 0 Å². The van der Waals surface area contributed by atoms with Crippen molar-refractivity contribution in [3.8, 4) is 0 Å². The summed E-state index contributed by atoms with van der Waals surface area (Å²) in [5, 5.41) is 16.9. The second kappa shape index (κ2) is 7.57. The molecule has 0 aliphatic carbocycles. The molecule has 0 bridgehead atoms. The highest BCUT2D eigenvalue weighted by Crippen LogP contribution is 2.20. The number of hydrazone groups is 1. The number of ether oxygens (including phenoxy) is 1. The number of carbonyl (C=O) groups excluding carboxylic acids is 1. The Morgan fingerprint density at radius 1 is 1.40 bits per heavy atom. The number of carbonyl (C=O) groups is 1. The van der Waals surface area contributed by atoms with Gasteiger partial charge in [-0.1, -0.05) is 18.2 Å². The van der Waals surface area contributed by atoms with Gasteiger partial charge in [-0.2, -0.15) is 5.10 Å². The van der Waals surface area contributed by atoms with Gasteiger partial charge in [0.1, 0.15) is 11.5 Å². The van der Waals surface area contributed by atoms with Crippen LogP contribution in [0.4, 0.5) is 4.39 Å². The fraction of sp³-hybridized carbons (Fsp3) is 0.389. The van der Waals surface area contributed by atoms with Crippen molar-refractivity contribution in [3.05, 3.63) is 46.9 Å². The first kappa shape index (κ1) is 17.3. The zero-order valence-corrected chi connectivity index (χ0v) is 14.1. The number of nitrogens with zero attached hydrogens (tertiary/aromatic N) is 2. The van der Waals surface area contributed by atoms with E-state index in [2.05, 4.69) is 10.4 Å². The van der Waals surface area contributed by atoms with Crippen molar-refractivity contribution < 1.29 is 13.9 Å². The smallest absolute Gasteiger partial charge is 0.292 e. The molecule has 1 fully saturated rings. The quantitative estimate of drug-likeness (QED) is 0.879. The van der Waals surface area contributed by atoms with E-state index in [4.69, 9.17) is 10.1 Å². The van der Waals surface area contributed by atoms with E-state index in [0.717, 1.165) is 12.8 Å². The lowest BCUT2D eigenvalue weighted by Crippen LogP contribution is -2.46. The Labute approximate surface area is 145 Å². The van der Waals surface area contributed by atoms with Gasteiger partial charge in [0.05, 0.1) is 12.3 Å². The van der Waals surface area contributed by atoms with Crippen LogP contribution >= 0.6 is 0 Å². The Balaban J connectivity index is 1.73. The van der Waals surface area contributed by atoms with Crippen molar-refractivity contribution in [2.45, 2.75) is 32.4 Å². The minimum atomic E-state index is -0.406. The van der Waals surface area contributed by atoms with E-state index in [0.29, 0.717) is 30.0 Å². The van der Waals surface area contributed by atoms with E-state index >= 15 is 0 Å². The molecular formula is C18H21FN4O2. The average molecular weight is 344 g/mol. The van der Waals surface area contributed by atoms with Gasteiger partial charge in [-0.15, -0.1) is 0 Å². The summed E-state index contributed by atoms with van der Waals surface area (Å²) in [5.74, 6) is -0.696. The van der Waals surface area contributed by atoms with Gasteiger partial charge in [0, 0.05) is 36.6 Å². The van der Waals surface area contributed by atoms with Crippen LogP contribution in [0, 0.1) is 11.2 Å². The van der Waals surface area contributed by atoms with Crippen molar-refractivity contribution in [2.75, 3.05) is 13.2 Å². The maximum absolute atomic E-state index is 13.7. The van der Waals surface area contributed by atoms with Gasteiger partial charge in [-0.25, -0.2) is 9.40 Å². The molecule has 7 heteroatoms. The summed E-state index contributed by atoms with van der Waals surface area (Å²) < 4.78 is 19.0. The molecule has 0 spiro atoms. The van der Waals surface area contributed by atoms with E-state index in [1.54, 1.807) is 25.1 Å². The van der Waals surface area contributed by atoms with Crippen LogP contribution in [0.5, 0.6) is 0 Å². The molecule has 132 valence electrons. The van der Waals surface area contributed by atoms with E-state index in [1.807, 2.05) is 0 Å². The highest BCUT2D eigenvalue weighted by atomic mass is 19.1. The lowest BCUT2D eigenvalue weighted by molar-refractivity contribution is -0.128. The molecule has 0 unspecified atom stereocenters. The molecule has 2 N–H and O–H groups in total. The SMILES string of the molecule is C/C(NCc1ccccc1F)=C1\C=NN(C2CCOCC2)C(=O)C1=N. The highest BCUT2D eigenvalue weighted by molar-refractivity contribution is 6.49. The standard InChI is InChI=1S/C18H21FN4O2/c1-12(21-10-13-4-2-3-5-16(13)19)15-11-22-23(18(24)17(15)20)14-6-8-25-9-7-14/h2-5,11,14,20-21H,6-10H2,1H3/b15-12-,20-17?. The number of hydrogen-bond acceptors (Lipinski definition) is 5. The third-order valence-electron chi connectivity index (χ3n) is 4.45. The van der Waals surface area contributed by atoms with Crippen molar-refractivity contribution >= 4 is 17.8 Å². The maximum Gasteiger partial charge on any atom is 0.292 e. The van der Waals surface area contributed by atoms with Gasteiger partial charge in [0.2, 0.25) is 0 Å². The van der Waals surface area contributed by atoms with Crippen LogP contribution in [-0.2, 0) is 16.1 Å². The van der Waals surface area contributed by atoms with Gasteiger partial charge in [0.15, 0.2) is 0 Å². The van der Waals surface area contributed by atoms with Crippen LogP contribution in [0.15, 0.2) is 40.6 Å². The van der Waals surface area contributed by atoms with E-state index < -0.39 is 5.91 Å². The summed E-state index contributed by atoms with van der Waals surface area (Å²) in [6, 6.07) is 6.47. The zero-order valence-electron chi connectivity index (χ0n) is 14.1. The summed E-state index contributed by atoms with van der Waals surface area (Å²) in [5.41, 5.74) is 1.48. The van der Waals surface area contributed by atoms with Crippen LogP contribution in [0.3, 0.4) is 0 Å². The topological polar surface area (TPSA) is 77.8 Å². The number of hydrogen-bond donors (Lipinski definition) is 2. The molecule has 3 rings (SSSR count). The van der Waals surface area contributed by atoms with Gasteiger partial charge < -0.3 is 10.1 Å². The number of amides is 1. The molecule has 1 saturated heterocycles. The highest BCUT2D eigenvalue weighted by Gasteiger charge is 2.32. The fourth-order valence-corrected chi connectivity index (χ4v) is 2.91. The molecule has 2 aliphatic heterocycles. The Kier molecular flexibility index (Phi) is 5.23. The number of halogens is 1. The lowest BCUT2D eigenvalue weighted by atomic mass is 10.0. The maximum atomic E-state index is 13.7. The second-order valence-corrected chi connectivity index (χ2v) is 6.10. The zero-order chi connectivity index (χ0) is 17.8. The Morgan fingerprint density at radius 2 is 2.12 bits per heavy atom. The second-order valence-electron chi connectivity index (χ2n) is 6.10. The number of nitrogens with one attached hydrogen (secondary N) is 2. The molecule has 0 aromatic heterocycles. The lowest BCUT2D eigenvalue weighted by Gasteiger charge is -2.32. The average Bonchev–Trinajstić information content (AvgIpc) is 2.64. The van der Waals surface area contributed by atoms with E-state index in [9.17, 15) is 9.18 Å². The van der Waals surface area contributed by atoms with Gasteiger partial charge in [0.25, 0.3) is 5.91 Å². The van der Waals surface area contributed by atoms with Gasteiger partial charge in [-0.05, 0) is 25.8 Å². The van der Waals surface area contributed by atoms with Crippen LogP contribution in [0.1, 0.15) is 25.3 Å². The summed E-state index contributed by atoms with van der Waals surface area (Å²) >= 11 is 0. The number of benzene rings is 1. The molecular weight excluding hydrogens is 323 g/mol. The van der Waals surface area contributed by atoms with Crippen LogP contribution in [0.25, 0.3) is 0 Å². The molecule has 2 heterocycles.